The summed E-state index contributed by atoms with van der Waals surface area (Å²) < 4.78 is 95.0. The van der Waals surface area contributed by atoms with Crippen molar-refractivity contribution in [2.45, 2.75) is 83.0 Å². The molecule has 2 heterocycles. The Balaban J connectivity index is 1.84. The first-order chi connectivity index (χ1) is 18.9. The minimum absolute atomic E-state index is 0.0398. The minimum Gasteiger partial charge on any atom is -0.434 e. The van der Waals surface area contributed by atoms with Gasteiger partial charge in [0.05, 0.1) is 28.0 Å². The Labute approximate surface area is 240 Å². The number of nitrogens with one attached hydrogen (secondary N) is 2. The average molecular weight is 630 g/mol. The molecule has 2 aromatic rings. The number of carbonyl (C=O) groups is 1. The van der Waals surface area contributed by atoms with Crippen LogP contribution in [0.5, 0.6) is 5.75 Å². The van der Waals surface area contributed by atoms with Crippen molar-refractivity contribution in [3.63, 3.8) is 0 Å². The van der Waals surface area contributed by atoms with E-state index in [9.17, 15) is 35.2 Å². The summed E-state index contributed by atoms with van der Waals surface area (Å²) in [4.78, 5) is 17.1. The van der Waals surface area contributed by atoms with E-state index in [1.807, 2.05) is 0 Å². The third kappa shape index (κ3) is 8.90. The molecule has 3 rings (SSSR count). The molecule has 230 valence electrons. The van der Waals surface area contributed by atoms with E-state index in [-0.39, 0.29) is 52.0 Å². The number of ether oxygens (including phenoxy) is 1. The number of amides is 1. The Morgan fingerprint density at radius 3 is 2.39 bits per heavy atom. The van der Waals surface area contributed by atoms with Crippen LogP contribution in [0.1, 0.15) is 63.4 Å². The lowest BCUT2D eigenvalue weighted by Gasteiger charge is -2.28. The van der Waals surface area contributed by atoms with Crippen LogP contribution in [0.3, 0.4) is 0 Å². The van der Waals surface area contributed by atoms with Gasteiger partial charge in [0.25, 0.3) is 5.91 Å². The summed E-state index contributed by atoms with van der Waals surface area (Å²) in [5.41, 5.74) is -1.64. The normalized spacial score (nSPS) is 18.4. The van der Waals surface area contributed by atoms with Gasteiger partial charge < -0.3 is 15.4 Å². The van der Waals surface area contributed by atoms with Gasteiger partial charge in [-0.25, -0.2) is 13.4 Å². The lowest BCUT2D eigenvalue weighted by Crippen LogP contribution is -2.36. The topological polar surface area (TPSA) is 115 Å². The number of hydrogen-bond donors (Lipinski definition) is 2. The number of anilines is 1. The van der Waals surface area contributed by atoms with E-state index in [2.05, 4.69) is 25.5 Å². The zero-order valence-electron chi connectivity index (χ0n) is 23.0. The van der Waals surface area contributed by atoms with Gasteiger partial charge in [0.15, 0.2) is 5.69 Å². The summed E-state index contributed by atoms with van der Waals surface area (Å²) in [6.45, 7) is 1.44. The van der Waals surface area contributed by atoms with Crippen LogP contribution in [0.2, 0.25) is 5.02 Å². The number of aryl methyl sites for hydroxylation is 1. The Kier molecular flexibility index (Phi) is 10.1. The van der Waals surface area contributed by atoms with Crippen molar-refractivity contribution in [2.75, 3.05) is 18.1 Å². The number of rotatable bonds is 11. The number of aromatic nitrogens is 3. The number of nitrogens with zero attached hydrogens (tertiary/aromatic N) is 3. The first-order valence-electron chi connectivity index (χ1n) is 12.9. The van der Waals surface area contributed by atoms with Crippen molar-refractivity contribution in [1.82, 2.24) is 20.1 Å². The number of hydrogen-bond acceptors (Lipinski definition) is 7. The second-order valence-electron chi connectivity index (χ2n) is 10.8. The van der Waals surface area contributed by atoms with Crippen molar-refractivity contribution in [1.29, 1.82) is 0 Å². The van der Waals surface area contributed by atoms with Crippen molar-refractivity contribution in [2.24, 2.45) is 5.92 Å². The molecule has 0 unspecified atom stereocenters. The van der Waals surface area contributed by atoms with E-state index < -0.39 is 46.2 Å². The summed E-state index contributed by atoms with van der Waals surface area (Å²) >= 11 is 6.53. The maximum Gasteiger partial charge on any atom is 0.391 e. The molecule has 0 saturated heterocycles. The molecule has 0 radical (unpaired) electrons. The highest BCUT2D eigenvalue weighted by Crippen LogP contribution is 2.39. The fraction of sp³-hybridized carbons (Fsp3) is 0.640. The minimum atomic E-state index is -4.48. The van der Waals surface area contributed by atoms with E-state index in [1.165, 1.54) is 24.8 Å². The molecule has 2 aromatic heterocycles. The largest absolute Gasteiger partial charge is 0.434 e. The second kappa shape index (κ2) is 12.7. The van der Waals surface area contributed by atoms with Gasteiger partial charge >= 0.3 is 12.8 Å². The maximum absolute atomic E-state index is 13.3. The monoisotopic (exact) mass is 629 g/mol. The Bertz CT molecular complexity index is 1340. The van der Waals surface area contributed by atoms with Gasteiger partial charge in [-0.05, 0) is 52.4 Å². The van der Waals surface area contributed by atoms with Gasteiger partial charge in [-0.15, -0.1) is 0 Å². The fourth-order valence-electron chi connectivity index (χ4n) is 4.92. The highest BCUT2D eigenvalue weighted by Gasteiger charge is 2.37. The van der Waals surface area contributed by atoms with Gasteiger partial charge in [-0.2, -0.15) is 27.1 Å². The molecule has 0 bridgehead atoms. The predicted octanol–water partition coefficient (Wildman–Crippen LogP) is 5.70. The standard InChI is InChI=1S/C25H33ClF5N5O4S/c1-5-36-21(16-12-32-18(10-17(16)40-23(27)28)34-24(2,3)13-25(29,30)31)19(26)20(35-36)22(37)33-11-14-6-8-15(9-7-14)41(4,38)39/h10,12,14-15,23H,5-9,11,13H2,1-4H3,(H,32,34)(H,33,37)/t14-,15-. The third-order valence-electron chi connectivity index (χ3n) is 6.81. The van der Waals surface area contributed by atoms with Gasteiger partial charge in [-0.3, -0.25) is 9.48 Å². The van der Waals surface area contributed by atoms with Crippen LogP contribution >= 0.6 is 11.6 Å². The van der Waals surface area contributed by atoms with Gasteiger partial charge in [0.1, 0.15) is 21.4 Å². The second-order valence-corrected chi connectivity index (χ2v) is 13.5. The van der Waals surface area contributed by atoms with Crippen LogP contribution in [-0.2, 0) is 16.4 Å². The van der Waals surface area contributed by atoms with E-state index in [1.54, 1.807) is 6.92 Å². The zero-order chi connectivity index (χ0) is 30.8. The van der Waals surface area contributed by atoms with Crippen LogP contribution < -0.4 is 15.4 Å². The Morgan fingerprint density at radius 2 is 1.85 bits per heavy atom. The molecule has 1 aliphatic carbocycles. The van der Waals surface area contributed by atoms with Crippen molar-refractivity contribution >= 4 is 33.2 Å². The van der Waals surface area contributed by atoms with Gasteiger partial charge in [-0.1, -0.05) is 11.6 Å². The first-order valence-corrected chi connectivity index (χ1v) is 15.3. The van der Waals surface area contributed by atoms with Crippen molar-refractivity contribution < 1.29 is 39.9 Å². The third-order valence-corrected chi connectivity index (χ3v) is 8.85. The molecule has 16 heteroatoms. The van der Waals surface area contributed by atoms with Crippen LogP contribution in [0.4, 0.5) is 27.8 Å². The SMILES string of the molecule is CCn1nc(C(=O)NC[C@H]2CC[C@H](S(C)(=O)=O)CC2)c(Cl)c1-c1cnc(NC(C)(C)CC(F)(F)F)cc1OC(F)F. The highest BCUT2D eigenvalue weighted by molar-refractivity contribution is 7.91. The molecule has 41 heavy (non-hydrogen) atoms. The Morgan fingerprint density at radius 1 is 1.22 bits per heavy atom. The molecular formula is C25H33ClF5N5O4S. The molecule has 1 fully saturated rings. The molecule has 0 aliphatic heterocycles. The summed E-state index contributed by atoms with van der Waals surface area (Å²) in [6.07, 6.45) is -1.09. The molecular weight excluding hydrogens is 597 g/mol. The molecule has 1 aliphatic rings. The zero-order valence-corrected chi connectivity index (χ0v) is 24.6. The number of carbonyl (C=O) groups excluding carboxylic acids is 1. The van der Waals surface area contributed by atoms with E-state index in [0.717, 1.165) is 12.3 Å². The van der Waals surface area contributed by atoms with Gasteiger partial charge in [0.2, 0.25) is 0 Å². The van der Waals surface area contributed by atoms with E-state index >= 15 is 0 Å². The lowest BCUT2D eigenvalue weighted by atomic mass is 9.89. The first kappa shape index (κ1) is 32.8. The molecule has 1 saturated carbocycles. The number of pyridine rings is 1. The van der Waals surface area contributed by atoms with Crippen LogP contribution in [0, 0.1) is 5.92 Å². The van der Waals surface area contributed by atoms with Crippen molar-refractivity contribution in [3.8, 4) is 17.0 Å². The van der Waals surface area contributed by atoms with E-state index in [0.29, 0.717) is 25.7 Å². The quantitative estimate of drug-likeness (QED) is 0.307. The van der Waals surface area contributed by atoms with Gasteiger partial charge in [0, 0.05) is 37.1 Å². The molecule has 1 amide bonds. The smallest absolute Gasteiger partial charge is 0.391 e. The number of halogens is 6. The Hall–Kier alpha value is -2.68. The summed E-state index contributed by atoms with van der Waals surface area (Å²) in [6, 6.07) is 1.04. The molecule has 2 N–H and O–H groups in total. The highest BCUT2D eigenvalue weighted by atomic mass is 35.5. The molecule has 0 spiro atoms. The number of alkyl halides is 5. The number of sulfone groups is 1. The summed E-state index contributed by atoms with van der Waals surface area (Å²) in [5, 5.41) is 9.05. The van der Waals surface area contributed by atoms with E-state index in [4.69, 9.17) is 11.6 Å². The van der Waals surface area contributed by atoms with Crippen LogP contribution in [-0.4, -0.2) is 65.5 Å². The predicted molar refractivity (Wildman–Crippen MR) is 144 cm³/mol. The van der Waals surface area contributed by atoms with Crippen molar-refractivity contribution in [3.05, 3.63) is 23.0 Å². The summed E-state index contributed by atoms with van der Waals surface area (Å²) in [7, 11) is -3.12. The maximum atomic E-state index is 13.3. The lowest BCUT2D eigenvalue weighted by molar-refractivity contribution is -0.142. The molecule has 0 aromatic carbocycles. The average Bonchev–Trinajstić information content (AvgIpc) is 3.16. The van der Waals surface area contributed by atoms with Crippen LogP contribution in [0.15, 0.2) is 12.3 Å². The fourth-order valence-corrected chi connectivity index (χ4v) is 6.38. The van der Waals surface area contributed by atoms with Crippen LogP contribution in [0.25, 0.3) is 11.3 Å². The summed E-state index contributed by atoms with van der Waals surface area (Å²) in [5.74, 6) is -1.10. The molecule has 9 nitrogen and oxygen atoms in total. The molecule has 0 atom stereocenters.